The number of aryl methyl sites for hydroxylation is 2. The van der Waals surface area contributed by atoms with E-state index in [1.54, 1.807) is 6.08 Å². The SMILES string of the molecule is Cc1cc(N2CCN(C(=O)C3CCN(C(=O)/C=C/c4ccccc4)CC3)CC2)nc(C)n1. The summed E-state index contributed by atoms with van der Waals surface area (Å²) in [5.74, 6) is 1.97. The molecule has 0 saturated carbocycles. The van der Waals surface area contributed by atoms with Crippen LogP contribution in [0.25, 0.3) is 6.08 Å². The Morgan fingerprint density at radius 1 is 0.906 bits per heavy atom. The number of carbonyl (C=O) groups is 2. The van der Waals surface area contributed by atoms with Gasteiger partial charge in [0.2, 0.25) is 11.8 Å². The zero-order chi connectivity index (χ0) is 22.5. The maximum absolute atomic E-state index is 13.1. The van der Waals surface area contributed by atoms with Crippen LogP contribution in [0.2, 0.25) is 0 Å². The van der Waals surface area contributed by atoms with Gasteiger partial charge < -0.3 is 14.7 Å². The third-order valence-electron chi connectivity index (χ3n) is 6.24. The fourth-order valence-electron chi connectivity index (χ4n) is 4.46. The van der Waals surface area contributed by atoms with Gasteiger partial charge in [-0.3, -0.25) is 9.59 Å². The van der Waals surface area contributed by atoms with Crippen molar-refractivity contribution in [2.75, 3.05) is 44.2 Å². The van der Waals surface area contributed by atoms with E-state index in [1.807, 2.05) is 66.1 Å². The van der Waals surface area contributed by atoms with E-state index in [9.17, 15) is 9.59 Å². The van der Waals surface area contributed by atoms with Crippen LogP contribution in [0, 0.1) is 19.8 Å². The molecule has 0 bridgehead atoms. The van der Waals surface area contributed by atoms with Gasteiger partial charge in [-0.2, -0.15) is 0 Å². The van der Waals surface area contributed by atoms with Crippen LogP contribution in [0.15, 0.2) is 42.5 Å². The molecule has 2 aromatic rings. The van der Waals surface area contributed by atoms with Crippen molar-refractivity contribution in [3.63, 3.8) is 0 Å². The largest absolute Gasteiger partial charge is 0.353 e. The summed E-state index contributed by atoms with van der Waals surface area (Å²) >= 11 is 0. The Morgan fingerprint density at radius 3 is 2.25 bits per heavy atom. The van der Waals surface area contributed by atoms with Crippen LogP contribution in [-0.4, -0.2) is 70.9 Å². The molecule has 3 heterocycles. The highest BCUT2D eigenvalue weighted by Crippen LogP contribution is 2.22. The minimum Gasteiger partial charge on any atom is -0.353 e. The molecule has 32 heavy (non-hydrogen) atoms. The van der Waals surface area contributed by atoms with Crippen molar-refractivity contribution >= 4 is 23.7 Å². The maximum Gasteiger partial charge on any atom is 0.246 e. The molecule has 0 aliphatic carbocycles. The number of piperazine rings is 1. The molecule has 168 valence electrons. The van der Waals surface area contributed by atoms with Crippen LogP contribution in [0.4, 0.5) is 5.82 Å². The summed E-state index contributed by atoms with van der Waals surface area (Å²) in [6.45, 7) is 8.13. The Bertz CT molecular complexity index is 955. The minimum atomic E-state index is 0.00671. The fourth-order valence-corrected chi connectivity index (χ4v) is 4.46. The summed E-state index contributed by atoms with van der Waals surface area (Å²) in [5, 5.41) is 0. The molecule has 4 rings (SSSR count). The Morgan fingerprint density at radius 2 is 1.59 bits per heavy atom. The third kappa shape index (κ3) is 5.33. The quantitative estimate of drug-likeness (QED) is 0.694. The summed E-state index contributed by atoms with van der Waals surface area (Å²) in [5.41, 5.74) is 1.98. The molecule has 1 aromatic heterocycles. The number of anilines is 1. The Hall–Kier alpha value is -3.22. The topological polar surface area (TPSA) is 69.6 Å². The van der Waals surface area contributed by atoms with E-state index in [0.717, 1.165) is 48.8 Å². The lowest BCUT2D eigenvalue weighted by atomic mass is 9.95. The van der Waals surface area contributed by atoms with E-state index in [2.05, 4.69) is 14.9 Å². The zero-order valence-electron chi connectivity index (χ0n) is 18.9. The molecule has 2 fully saturated rings. The fraction of sp³-hybridized carbons (Fsp3) is 0.440. The summed E-state index contributed by atoms with van der Waals surface area (Å²) in [7, 11) is 0. The Balaban J connectivity index is 1.25. The smallest absolute Gasteiger partial charge is 0.246 e. The zero-order valence-corrected chi connectivity index (χ0v) is 18.9. The molecule has 2 saturated heterocycles. The lowest BCUT2D eigenvalue weighted by molar-refractivity contribution is -0.139. The van der Waals surface area contributed by atoms with E-state index in [1.165, 1.54) is 0 Å². The van der Waals surface area contributed by atoms with Crippen LogP contribution < -0.4 is 4.90 Å². The molecular formula is C25H31N5O2. The molecule has 7 heteroatoms. The first-order valence-electron chi connectivity index (χ1n) is 11.4. The molecule has 7 nitrogen and oxygen atoms in total. The summed E-state index contributed by atoms with van der Waals surface area (Å²) in [4.78, 5) is 40.5. The number of carbonyl (C=O) groups excluding carboxylic acids is 2. The second-order valence-corrected chi connectivity index (χ2v) is 8.57. The van der Waals surface area contributed by atoms with Crippen molar-refractivity contribution in [3.8, 4) is 0 Å². The average Bonchev–Trinajstić information content (AvgIpc) is 2.82. The van der Waals surface area contributed by atoms with Crippen LogP contribution in [0.3, 0.4) is 0 Å². The highest BCUT2D eigenvalue weighted by Gasteiger charge is 2.31. The van der Waals surface area contributed by atoms with Crippen molar-refractivity contribution in [3.05, 3.63) is 59.6 Å². The number of hydrogen-bond acceptors (Lipinski definition) is 5. The van der Waals surface area contributed by atoms with Crippen LogP contribution >= 0.6 is 0 Å². The molecule has 0 atom stereocenters. The van der Waals surface area contributed by atoms with Gasteiger partial charge in [-0.25, -0.2) is 9.97 Å². The van der Waals surface area contributed by atoms with Gasteiger partial charge in [0.1, 0.15) is 11.6 Å². The van der Waals surface area contributed by atoms with E-state index < -0.39 is 0 Å². The van der Waals surface area contributed by atoms with Gasteiger partial charge in [0.05, 0.1) is 0 Å². The van der Waals surface area contributed by atoms with Gasteiger partial charge in [0, 0.05) is 63.0 Å². The first-order chi connectivity index (χ1) is 15.5. The van der Waals surface area contributed by atoms with Gasteiger partial charge in [-0.15, -0.1) is 0 Å². The van der Waals surface area contributed by atoms with Gasteiger partial charge in [-0.1, -0.05) is 30.3 Å². The van der Waals surface area contributed by atoms with Gasteiger partial charge in [0.25, 0.3) is 0 Å². The Kier molecular flexibility index (Phi) is 6.83. The van der Waals surface area contributed by atoms with Crippen molar-refractivity contribution in [1.82, 2.24) is 19.8 Å². The van der Waals surface area contributed by atoms with Crippen LogP contribution in [0.5, 0.6) is 0 Å². The monoisotopic (exact) mass is 433 g/mol. The molecule has 2 amide bonds. The number of aromatic nitrogens is 2. The summed E-state index contributed by atoms with van der Waals surface area (Å²) in [6.07, 6.45) is 4.94. The minimum absolute atomic E-state index is 0.00671. The number of nitrogens with zero attached hydrogens (tertiary/aromatic N) is 5. The first-order valence-corrected chi connectivity index (χ1v) is 11.4. The summed E-state index contributed by atoms with van der Waals surface area (Å²) < 4.78 is 0. The first kappa shape index (κ1) is 22.0. The van der Waals surface area contributed by atoms with Crippen molar-refractivity contribution in [2.24, 2.45) is 5.92 Å². The average molecular weight is 434 g/mol. The highest BCUT2D eigenvalue weighted by molar-refractivity contribution is 5.92. The molecule has 0 unspecified atom stereocenters. The number of piperidine rings is 1. The predicted octanol–water partition coefficient (Wildman–Crippen LogP) is 2.69. The van der Waals surface area contributed by atoms with E-state index >= 15 is 0 Å². The molecule has 2 aliphatic heterocycles. The second kappa shape index (κ2) is 9.94. The van der Waals surface area contributed by atoms with Gasteiger partial charge in [0.15, 0.2) is 0 Å². The standard InChI is InChI=1S/C25H31N5O2/c1-19-18-23(27-20(2)26-19)28-14-16-30(17-15-28)25(32)22-10-12-29(13-11-22)24(31)9-8-21-6-4-3-5-7-21/h3-9,18,22H,10-17H2,1-2H3/b9-8+. The lowest BCUT2D eigenvalue weighted by Gasteiger charge is -2.39. The van der Waals surface area contributed by atoms with E-state index in [0.29, 0.717) is 26.2 Å². The molecule has 0 N–H and O–H groups in total. The number of likely N-dealkylation sites (tertiary alicyclic amines) is 1. The lowest BCUT2D eigenvalue weighted by Crippen LogP contribution is -2.52. The second-order valence-electron chi connectivity index (χ2n) is 8.57. The van der Waals surface area contributed by atoms with Gasteiger partial charge in [-0.05, 0) is 38.3 Å². The molecule has 0 spiro atoms. The van der Waals surface area contributed by atoms with Crippen molar-refractivity contribution in [2.45, 2.75) is 26.7 Å². The number of rotatable bonds is 4. The Labute approximate surface area is 189 Å². The molecule has 1 aromatic carbocycles. The molecule has 0 radical (unpaired) electrons. The van der Waals surface area contributed by atoms with E-state index in [-0.39, 0.29) is 17.7 Å². The number of hydrogen-bond donors (Lipinski definition) is 0. The normalized spacial score (nSPS) is 17.8. The number of benzene rings is 1. The maximum atomic E-state index is 13.1. The molecule has 2 aliphatic rings. The number of amides is 2. The van der Waals surface area contributed by atoms with Crippen molar-refractivity contribution in [1.29, 1.82) is 0 Å². The van der Waals surface area contributed by atoms with E-state index in [4.69, 9.17) is 0 Å². The summed E-state index contributed by atoms with van der Waals surface area (Å²) in [6, 6.07) is 11.8. The van der Waals surface area contributed by atoms with Crippen molar-refractivity contribution < 1.29 is 9.59 Å². The predicted molar refractivity (Wildman–Crippen MR) is 125 cm³/mol. The van der Waals surface area contributed by atoms with Crippen LogP contribution in [0.1, 0.15) is 29.9 Å². The highest BCUT2D eigenvalue weighted by atomic mass is 16.2. The third-order valence-corrected chi connectivity index (χ3v) is 6.24. The molecular weight excluding hydrogens is 402 g/mol. The van der Waals surface area contributed by atoms with Crippen LogP contribution in [-0.2, 0) is 9.59 Å². The van der Waals surface area contributed by atoms with Gasteiger partial charge >= 0.3 is 0 Å².